The highest BCUT2D eigenvalue weighted by Crippen LogP contribution is 2.26. The van der Waals surface area contributed by atoms with Crippen LogP contribution in [-0.4, -0.2) is 29.9 Å². The van der Waals surface area contributed by atoms with Crippen LogP contribution in [0.4, 0.5) is 18.9 Å². The second kappa shape index (κ2) is 9.22. The lowest BCUT2D eigenvalue weighted by Crippen LogP contribution is -2.18. The highest BCUT2D eigenvalue weighted by Gasteiger charge is 2.24. The lowest BCUT2D eigenvalue weighted by atomic mass is 10.0. The molecule has 0 aliphatic heterocycles. The van der Waals surface area contributed by atoms with E-state index in [0.717, 1.165) is 12.1 Å². The van der Waals surface area contributed by atoms with Crippen molar-refractivity contribution < 1.29 is 26.4 Å². The first-order valence-corrected chi connectivity index (χ1v) is 11.9. The normalized spacial score (nSPS) is 11.5. The number of anilines is 1. The van der Waals surface area contributed by atoms with Crippen LogP contribution < -0.4 is 4.72 Å². The zero-order valence-corrected chi connectivity index (χ0v) is 18.7. The standard InChI is InChI=1S/C24H18F3N3O3S/c1-2-11-34(32,33)30-19-10-8-17(26)22(23(19)27)24(31)15-5-9-18-20(12-15)29-21(13-28-18)14-3-6-16(25)7-4-14/h3-10,12-13,30H,2,11H2,1H3. The second-order valence-electron chi connectivity index (χ2n) is 7.50. The van der Waals surface area contributed by atoms with Crippen LogP contribution in [0, 0.1) is 17.5 Å². The van der Waals surface area contributed by atoms with Gasteiger partial charge in [-0.2, -0.15) is 0 Å². The molecule has 0 amide bonds. The summed E-state index contributed by atoms with van der Waals surface area (Å²) in [6.45, 7) is 1.64. The maximum absolute atomic E-state index is 15.0. The lowest BCUT2D eigenvalue weighted by Gasteiger charge is -2.12. The van der Waals surface area contributed by atoms with Crippen molar-refractivity contribution >= 4 is 32.5 Å². The third-order valence-corrected chi connectivity index (χ3v) is 6.48. The minimum Gasteiger partial charge on any atom is -0.288 e. The molecule has 0 atom stereocenters. The van der Waals surface area contributed by atoms with Gasteiger partial charge in [-0.1, -0.05) is 6.92 Å². The van der Waals surface area contributed by atoms with Crippen LogP contribution in [0.5, 0.6) is 0 Å². The number of nitrogens with zero attached hydrogens (tertiary/aromatic N) is 2. The van der Waals surface area contributed by atoms with Gasteiger partial charge < -0.3 is 0 Å². The van der Waals surface area contributed by atoms with E-state index in [1.807, 2.05) is 4.72 Å². The molecule has 0 bridgehead atoms. The molecule has 174 valence electrons. The molecular formula is C24H18F3N3O3S. The third kappa shape index (κ3) is 4.76. The molecular weight excluding hydrogens is 467 g/mol. The first-order chi connectivity index (χ1) is 16.2. The van der Waals surface area contributed by atoms with Gasteiger partial charge in [0.2, 0.25) is 10.0 Å². The fourth-order valence-corrected chi connectivity index (χ4v) is 4.52. The molecule has 0 unspecified atom stereocenters. The van der Waals surface area contributed by atoms with E-state index in [4.69, 9.17) is 0 Å². The maximum Gasteiger partial charge on any atom is 0.232 e. The third-order valence-electron chi connectivity index (χ3n) is 5.00. The number of hydrogen-bond acceptors (Lipinski definition) is 5. The van der Waals surface area contributed by atoms with Crippen LogP contribution in [0.3, 0.4) is 0 Å². The number of carbonyl (C=O) groups is 1. The molecule has 1 N–H and O–H groups in total. The summed E-state index contributed by atoms with van der Waals surface area (Å²) < 4.78 is 68.8. The Labute approximate surface area is 193 Å². The van der Waals surface area contributed by atoms with E-state index in [0.29, 0.717) is 23.2 Å². The Kier molecular flexibility index (Phi) is 6.34. The van der Waals surface area contributed by atoms with Crippen LogP contribution >= 0.6 is 0 Å². The van der Waals surface area contributed by atoms with E-state index >= 15 is 4.39 Å². The van der Waals surface area contributed by atoms with Crippen LogP contribution in [-0.2, 0) is 10.0 Å². The van der Waals surface area contributed by atoms with Gasteiger partial charge in [-0.3, -0.25) is 14.5 Å². The Morgan fingerprint density at radius 3 is 2.41 bits per heavy atom. The van der Waals surface area contributed by atoms with Gasteiger partial charge in [-0.05, 0) is 61.0 Å². The van der Waals surface area contributed by atoms with Crippen LogP contribution in [0.1, 0.15) is 29.3 Å². The van der Waals surface area contributed by atoms with Gasteiger partial charge in [0, 0.05) is 11.1 Å². The zero-order valence-electron chi connectivity index (χ0n) is 17.8. The maximum atomic E-state index is 15.0. The van der Waals surface area contributed by atoms with E-state index in [2.05, 4.69) is 9.97 Å². The van der Waals surface area contributed by atoms with Gasteiger partial charge in [-0.15, -0.1) is 0 Å². The van der Waals surface area contributed by atoms with Crippen molar-refractivity contribution in [1.82, 2.24) is 9.97 Å². The minimum atomic E-state index is -3.86. The van der Waals surface area contributed by atoms with E-state index in [1.54, 1.807) is 6.92 Å². The number of fused-ring (bicyclic) bond motifs is 1. The molecule has 1 aromatic heterocycles. The van der Waals surface area contributed by atoms with Gasteiger partial charge in [0.25, 0.3) is 0 Å². The predicted molar refractivity (Wildman–Crippen MR) is 122 cm³/mol. The molecule has 4 aromatic rings. The summed E-state index contributed by atoms with van der Waals surface area (Å²) in [5.41, 5.74) is 0.261. The summed E-state index contributed by atoms with van der Waals surface area (Å²) in [5.74, 6) is -4.09. The monoisotopic (exact) mass is 485 g/mol. The van der Waals surface area contributed by atoms with Crippen molar-refractivity contribution in [1.29, 1.82) is 0 Å². The van der Waals surface area contributed by atoms with Gasteiger partial charge in [0.1, 0.15) is 11.6 Å². The zero-order chi connectivity index (χ0) is 24.5. The number of nitrogens with one attached hydrogen (secondary N) is 1. The number of sulfonamides is 1. The summed E-state index contributed by atoms with van der Waals surface area (Å²) in [5, 5.41) is 0. The predicted octanol–water partition coefficient (Wildman–Crippen LogP) is 5.10. The molecule has 0 aliphatic carbocycles. The molecule has 0 saturated heterocycles. The average molecular weight is 485 g/mol. The van der Waals surface area contributed by atoms with Crippen molar-refractivity contribution in [2.75, 3.05) is 10.5 Å². The molecule has 0 aliphatic rings. The molecule has 3 aromatic carbocycles. The number of rotatable bonds is 7. The number of aromatic nitrogens is 2. The number of halogens is 3. The van der Waals surface area contributed by atoms with E-state index in [9.17, 15) is 22.0 Å². The first kappa shape index (κ1) is 23.4. The Morgan fingerprint density at radius 2 is 1.71 bits per heavy atom. The van der Waals surface area contributed by atoms with Crippen molar-refractivity contribution in [2.24, 2.45) is 0 Å². The highest BCUT2D eigenvalue weighted by molar-refractivity contribution is 7.92. The Hall–Kier alpha value is -3.79. The molecule has 1 heterocycles. The fourth-order valence-electron chi connectivity index (χ4n) is 3.38. The van der Waals surface area contributed by atoms with E-state index < -0.39 is 44.5 Å². The van der Waals surface area contributed by atoms with Crippen molar-refractivity contribution in [3.05, 3.63) is 89.4 Å². The summed E-state index contributed by atoms with van der Waals surface area (Å²) in [6, 6.07) is 11.5. The van der Waals surface area contributed by atoms with Crippen molar-refractivity contribution in [2.45, 2.75) is 13.3 Å². The number of hydrogen-bond donors (Lipinski definition) is 1. The SMILES string of the molecule is CCCS(=O)(=O)Nc1ccc(F)c(C(=O)c2ccc3ncc(-c4ccc(F)cc4)nc3c2)c1F. The second-order valence-corrected chi connectivity index (χ2v) is 9.34. The summed E-state index contributed by atoms with van der Waals surface area (Å²) in [7, 11) is -3.86. The molecule has 0 fully saturated rings. The minimum absolute atomic E-state index is 0.0654. The lowest BCUT2D eigenvalue weighted by molar-refractivity contribution is 0.103. The van der Waals surface area contributed by atoms with Gasteiger partial charge >= 0.3 is 0 Å². The molecule has 4 rings (SSSR count). The van der Waals surface area contributed by atoms with Gasteiger partial charge in [0.15, 0.2) is 11.6 Å². The smallest absolute Gasteiger partial charge is 0.232 e. The number of ketones is 1. The fraction of sp³-hybridized carbons (Fsp3) is 0.125. The van der Waals surface area contributed by atoms with Crippen molar-refractivity contribution in [3.8, 4) is 11.3 Å². The molecule has 0 saturated carbocycles. The van der Waals surface area contributed by atoms with Gasteiger partial charge in [-0.25, -0.2) is 26.6 Å². The topological polar surface area (TPSA) is 89.0 Å². The van der Waals surface area contributed by atoms with E-state index in [-0.39, 0.29) is 16.8 Å². The summed E-state index contributed by atoms with van der Waals surface area (Å²) >= 11 is 0. The average Bonchev–Trinajstić information content (AvgIpc) is 2.80. The molecule has 10 heteroatoms. The van der Waals surface area contributed by atoms with Crippen LogP contribution in [0.25, 0.3) is 22.3 Å². The first-order valence-electron chi connectivity index (χ1n) is 10.2. The molecule has 6 nitrogen and oxygen atoms in total. The largest absolute Gasteiger partial charge is 0.288 e. The molecule has 0 radical (unpaired) electrons. The molecule has 0 spiro atoms. The number of carbonyl (C=O) groups excluding carboxylic acids is 1. The highest BCUT2D eigenvalue weighted by atomic mass is 32.2. The summed E-state index contributed by atoms with van der Waals surface area (Å²) in [4.78, 5) is 21.7. The number of benzene rings is 3. The Balaban J connectivity index is 1.73. The van der Waals surface area contributed by atoms with Crippen LogP contribution in [0.15, 0.2) is 60.8 Å². The molecule has 34 heavy (non-hydrogen) atoms. The summed E-state index contributed by atoms with van der Waals surface area (Å²) in [6.07, 6.45) is 1.78. The van der Waals surface area contributed by atoms with Gasteiger partial charge in [0.05, 0.1) is 39.9 Å². The quantitative estimate of drug-likeness (QED) is 0.368. The Morgan fingerprint density at radius 1 is 0.971 bits per heavy atom. The Bertz CT molecular complexity index is 1510. The van der Waals surface area contributed by atoms with Crippen molar-refractivity contribution in [3.63, 3.8) is 0 Å². The van der Waals surface area contributed by atoms with E-state index in [1.165, 1.54) is 48.7 Å². The van der Waals surface area contributed by atoms with Crippen LogP contribution in [0.2, 0.25) is 0 Å².